The molecule has 1 saturated heterocycles. The molecule has 9 heteroatoms. The number of fused-ring (bicyclic) bond motifs is 3. The molecule has 2 aromatic heterocycles. The molecule has 3 aliphatic heterocycles. The minimum atomic E-state index is -0.391. The summed E-state index contributed by atoms with van der Waals surface area (Å²) in [6, 6.07) is 13.1. The average molecular weight is 549 g/mol. The normalized spacial score (nSPS) is 26.7. The summed E-state index contributed by atoms with van der Waals surface area (Å²) < 4.78 is 0. The van der Waals surface area contributed by atoms with Gasteiger partial charge >= 0.3 is 0 Å². The van der Waals surface area contributed by atoms with Crippen LogP contribution in [0.4, 0.5) is 5.69 Å². The quantitative estimate of drug-likeness (QED) is 0.317. The zero-order valence-corrected chi connectivity index (χ0v) is 21.6. The number of nitrogens with zero attached hydrogens (tertiary/aromatic N) is 1. The lowest BCUT2D eigenvalue weighted by Gasteiger charge is -2.23. The Bertz CT molecular complexity index is 1250. The smallest absolute Gasteiger partial charge is 0.241 e. The lowest BCUT2D eigenvalue weighted by molar-refractivity contribution is -0.127. The number of halogens is 2. The first-order chi connectivity index (χ1) is 16.0. The van der Waals surface area contributed by atoms with Gasteiger partial charge in [0.25, 0.3) is 0 Å². The monoisotopic (exact) mass is 547 g/mol. The maximum atomic E-state index is 13.8. The SMILES string of the molecule is O=C1C2C=C(c3cc(Cl)cs3)SC2C2SC(c3cc(Cl)cs3)=CC2C(=O)N1c1ccccc1. The lowest BCUT2D eigenvalue weighted by atomic mass is 9.95. The molecule has 0 N–H and O–H groups in total. The molecule has 0 spiro atoms. The van der Waals surface area contributed by atoms with E-state index in [1.165, 1.54) is 4.90 Å². The number of rotatable bonds is 3. The molecule has 6 rings (SSSR count). The van der Waals surface area contributed by atoms with Gasteiger partial charge in [-0.25, -0.2) is 4.90 Å². The number of carbonyl (C=O) groups is 2. The predicted molar refractivity (Wildman–Crippen MR) is 143 cm³/mol. The van der Waals surface area contributed by atoms with E-state index in [9.17, 15) is 9.59 Å². The zero-order chi connectivity index (χ0) is 22.7. The second kappa shape index (κ2) is 8.63. The highest BCUT2D eigenvalue weighted by molar-refractivity contribution is 8.13. The molecule has 0 bridgehead atoms. The summed E-state index contributed by atoms with van der Waals surface area (Å²) in [6.07, 6.45) is 4.07. The van der Waals surface area contributed by atoms with Crippen molar-refractivity contribution in [1.82, 2.24) is 0 Å². The van der Waals surface area contributed by atoms with E-state index in [0.717, 1.165) is 19.6 Å². The number of hydrogen-bond donors (Lipinski definition) is 0. The molecular formula is C24H15Cl2NO2S4. The van der Waals surface area contributed by atoms with Crippen molar-refractivity contribution in [3.63, 3.8) is 0 Å². The van der Waals surface area contributed by atoms with Crippen molar-refractivity contribution in [2.75, 3.05) is 4.90 Å². The zero-order valence-electron chi connectivity index (χ0n) is 16.8. The topological polar surface area (TPSA) is 37.4 Å². The van der Waals surface area contributed by atoms with E-state index in [-0.39, 0.29) is 22.3 Å². The van der Waals surface area contributed by atoms with Crippen molar-refractivity contribution >= 4 is 96.7 Å². The molecule has 2 amide bonds. The Morgan fingerprint density at radius 1 is 0.727 bits per heavy atom. The fourth-order valence-corrected chi connectivity index (χ4v) is 9.98. The van der Waals surface area contributed by atoms with Crippen molar-refractivity contribution in [3.8, 4) is 0 Å². The van der Waals surface area contributed by atoms with Crippen LogP contribution < -0.4 is 4.90 Å². The number of thioether (sulfide) groups is 2. The third-order valence-electron chi connectivity index (χ3n) is 5.87. The molecule has 4 unspecified atom stereocenters. The lowest BCUT2D eigenvalue weighted by Crippen LogP contribution is -2.41. The van der Waals surface area contributed by atoms with Gasteiger partial charge in [0.1, 0.15) is 0 Å². The summed E-state index contributed by atoms with van der Waals surface area (Å²) in [5, 5.41) is 5.10. The number of anilines is 1. The third kappa shape index (κ3) is 3.83. The van der Waals surface area contributed by atoms with Crippen LogP contribution in [-0.4, -0.2) is 22.3 Å². The van der Waals surface area contributed by atoms with Crippen LogP contribution in [0.2, 0.25) is 10.0 Å². The van der Waals surface area contributed by atoms with Crippen molar-refractivity contribution in [1.29, 1.82) is 0 Å². The Kier molecular flexibility index (Phi) is 5.76. The first-order valence-electron chi connectivity index (χ1n) is 10.2. The molecule has 4 atom stereocenters. The molecular weight excluding hydrogens is 533 g/mol. The first-order valence-corrected chi connectivity index (χ1v) is 14.5. The number of hydrogen-bond acceptors (Lipinski definition) is 6. The standard InChI is InChI=1S/C24H15Cl2NO2S4/c25-12-6-17(30-10-12)19-8-15-21(32-19)22-16(9-20(33-22)18-7-13(26)11-31-18)24(29)27(23(15)28)14-4-2-1-3-5-14/h1-11,15-16,21-22H. The van der Waals surface area contributed by atoms with E-state index in [1.54, 1.807) is 46.2 Å². The summed E-state index contributed by atoms with van der Waals surface area (Å²) in [6.45, 7) is 0. The number of para-hydroxylation sites is 1. The van der Waals surface area contributed by atoms with Gasteiger partial charge < -0.3 is 0 Å². The van der Waals surface area contributed by atoms with E-state index in [0.29, 0.717) is 15.7 Å². The van der Waals surface area contributed by atoms with Gasteiger partial charge in [-0.3, -0.25) is 9.59 Å². The molecule has 0 aliphatic carbocycles. The molecule has 0 saturated carbocycles. The van der Waals surface area contributed by atoms with Gasteiger partial charge in [-0.15, -0.1) is 46.2 Å². The maximum Gasteiger partial charge on any atom is 0.241 e. The van der Waals surface area contributed by atoms with Gasteiger partial charge in [0.05, 0.1) is 27.6 Å². The Hall–Kier alpha value is -1.48. The molecule has 0 radical (unpaired) electrons. The third-order valence-corrected chi connectivity index (χ3v) is 11.9. The van der Waals surface area contributed by atoms with Gasteiger partial charge in [-0.1, -0.05) is 53.6 Å². The van der Waals surface area contributed by atoms with Crippen molar-refractivity contribution in [3.05, 3.63) is 85.2 Å². The largest absolute Gasteiger partial charge is 0.273 e. The van der Waals surface area contributed by atoms with Crippen LogP contribution in [0.5, 0.6) is 0 Å². The van der Waals surface area contributed by atoms with E-state index >= 15 is 0 Å². The maximum absolute atomic E-state index is 13.8. The van der Waals surface area contributed by atoms with Gasteiger partial charge in [-0.2, -0.15) is 0 Å². The average Bonchev–Trinajstić information content (AvgIpc) is 3.59. The molecule has 1 aromatic carbocycles. The minimum Gasteiger partial charge on any atom is -0.273 e. The van der Waals surface area contributed by atoms with Crippen LogP contribution in [0, 0.1) is 11.8 Å². The van der Waals surface area contributed by atoms with Crippen molar-refractivity contribution in [2.45, 2.75) is 10.5 Å². The Labute approximate surface area is 217 Å². The number of amides is 2. The fourth-order valence-electron chi connectivity index (χ4n) is 4.40. The summed E-state index contributed by atoms with van der Waals surface area (Å²) in [4.78, 5) is 33.2. The highest BCUT2D eigenvalue weighted by atomic mass is 35.5. The van der Waals surface area contributed by atoms with Gasteiger partial charge in [0.2, 0.25) is 11.8 Å². The van der Waals surface area contributed by atoms with Crippen LogP contribution in [0.25, 0.3) is 9.81 Å². The molecule has 3 aliphatic rings. The highest BCUT2D eigenvalue weighted by Gasteiger charge is 2.53. The Morgan fingerprint density at radius 3 is 1.64 bits per heavy atom. The second-order valence-corrected chi connectivity index (χ2v) is 13.0. The van der Waals surface area contributed by atoms with Crippen LogP contribution in [0.1, 0.15) is 9.75 Å². The van der Waals surface area contributed by atoms with E-state index in [2.05, 4.69) is 0 Å². The number of imide groups is 1. The Balaban J connectivity index is 1.44. The molecule has 1 fully saturated rings. The summed E-state index contributed by atoms with van der Waals surface area (Å²) in [5.41, 5.74) is 0.615. The molecule has 3 nitrogen and oxygen atoms in total. The van der Waals surface area contributed by atoms with Crippen LogP contribution in [0.3, 0.4) is 0 Å². The van der Waals surface area contributed by atoms with Gasteiger partial charge in [0, 0.05) is 40.8 Å². The summed E-state index contributed by atoms with van der Waals surface area (Å²) in [7, 11) is 0. The Morgan fingerprint density at radius 2 is 1.21 bits per heavy atom. The van der Waals surface area contributed by atoms with Crippen molar-refractivity contribution in [2.24, 2.45) is 11.8 Å². The minimum absolute atomic E-state index is 0.0507. The van der Waals surface area contributed by atoms with Gasteiger partial charge in [0.15, 0.2) is 0 Å². The predicted octanol–water partition coefficient (Wildman–Crippen LogP) is 7.54. The summed E-state index contributed by atoms with van der Waals surface area (Å²) in [5.74, 6) is -1.11. The van der Waals surface area contributed by atoms with E-state index < -0.39 is 11.8 Å². The van der Waals surface area contributed by atoms with Crippen LogP contribution in [-0.2, 0) is 9.59 Å². The molecule has 3 aromatic rings. The van der Waals surface area contributed by atoms with Crippen molar-refractivity contribution < 1.29 is 9.59 Å². The molecule has 166 valence electrons. The second-order valence-electron chi connectivity index (χ2n) is 7.88. The molecule has 33 heavy (non-hydrogen) atoms. The summed E-state index contributed by atoms with van der Waals surface area (Å²) >= 11 is 18.9. The first kappa shape index (κ1) is 22.0. The molecule has 5 heterocycles. The number of carbonyl (C=O) groups excluding carboxylic acids is 2. The fraction of sp³-hybridized carbons (Fsp3) is 0.167. The van der Waals surface area contributed by atoms with Crippen LogP contribution in [0.15, 0.2) is 65.4 Å². The highest BCUT2D eigenvalue weighted by Crippen LogP contribution is 2.57. The van der Waals surface area contributed by atoms with Crippen LogP contribution >= 0.6 is 69.4 Å². The van der Waals surface area contributed by atoms with Gasteiger partial charge in [-0.05, 0) is 24.3 Å². The number of benzene rings is 1. The van der Waals surface area contributed by atoms with E-state index in [1.807, 2.05) is 65.4 Å². The number of thiophene rings is 2. The van der Waals surface area contributed by atoms with E-state index in [4.69, 9.17) is 23.2 Å².